The highest BCUT2D eigenvalue weighted by molar-refractivity contribution is 5.70. The zero-order valence-corrected chi connectivity index (χ0v) is 10.4. The fourth-order valence-corrected chi connectivity index (χ4v) is 2.20. The molecule has 2 unspecified atom stereocenters. The number of hydrogen-bond donors (Lipinski definition) is 4. The lowest BCUT2D eigenvalue weighted by atomic mass is 10.2. The number of ether oxygens (including phenoxy) is 1. The summed E-state index contributed by atoms with van der Waals surface area (Å²) in [6.45, 7) is -0.277. The molecular weight excluding hydrogens is 270 g/mol. The smallest absolute Gasteiger partial charge is 0.280 e. The van der Waals surface area contributed by atoms with E-state index in [0.29, 0.717) is 0 Å². The van der Waals surface area contributed by atoms with Gasteiger partial charge in [0.1, 0.15) is 12.3 Å². The van der Waals surface area contributed by atoms with E-state index < -0.39 is 24.0 Å². The molecule has 1 fully saturated rings. The molecule has 3 atom stereocenters. The van der Waals surface area contributed by atoms with Crippen LogP contribution < -0.4 is 11.3 Å². The number of imidazole rings is 1. The molecule has 10 heteroatoms. The predicted octanol–water partition coefficient (Wildman–Crippen LogP) is -2.48. The van der Waals surface area contributed by atoms with E-state index in [4.69, 9.17) is 15.6 Å². The van der Waals surface area contributed by atoms with Crippen molar-refractivity contribution in [2.75, 3.05) is 12.3 Å². The van der Waals surface area contributed by atoms with Gasteiger partial charge in [0.2, 0.25) is 5.95 Å². The Hall–Kier alpha value is -2.01. The highest BCUT2D eigenvalue weighted by atomic mass is 16.5. The van der Waals surface area contributed by atoms with Crippen LogP contribution in [0.2, 0.25) is 0 Å². The number of nitrogen functional groups attached to an aromatic ring is 1. The van der Waals surface area contributed by atoms with E-state index in [1.165, 1.54) is 10.9 Å². The first-order valence-corrected chi connectivity index (χ1v) is 5.77. The molecule has 0 aliphatic carbocycles. The van der Waals surface area contributed by atoms with E-state index in [1.54, 1.807) is 0 Å². The molecule has 0 saturated carbocycles. The summed E-state index contributed by atoms with van der Waals surface area (Å²) in [6.07, 6.45) is -0.270. The van der Waals surface area contributed by atoms with Crippen LogP contribution in [-0.2, 0) is 4.74 Å². The zero-order valence-electron chi connectivity index (χ0n) is 10.4. The number of aromatic nitrogens is 4. The molecule has 10 nitrogen and oxygen atoms in total. The topological polar surface area (TPSA) is 171 Å². The lowest BCUT2D eigenvalue weighted by Crippen LogP contribution is -2.24. The molecule has 0 bridgehead atoms. The number of H-pyrrole nitrogens is 1. The number of rotatable bonds is 2. The second kappa shape index (κ2) is 5.17. The largest absolute Gasteiger partial charge is 0.412 e. The van der Waals surface area contributed by atoms with Crippen molar-refractivity contribution >= 4 is 17.1 Å². The van der Waals surface area contributed by atoms with Crippen molar-refractivity contribution in [1.82, 2.24) is 19.5 Å². The van der Waals surface area contributed by atoms with Crippen LogP contribution in [0.15, 0.2) is 11.1 Å². The van der Waals surface area contributed by atoms with E-state index in [2.05, 4.69) is 15.0 Å². The molecule has 0 aromatic carbocycles. The number of hydrogen-bond acceptors (Lipinski definition) is 7. The summed E-state index contributed by atoms with van der Waals surface area (Å²) in [5.41, 5.74) is 5.50. The number of anilines is 1. The Morgan fingerprint density at radius 3 is 3.00 bits per heavy atom. The monoisotopic (exact) mass is 285 g/mol. The molecule has 110 valence electrons. The maximum Gasteiger partial charge on any atom is 0.280 e. The fraction of sp³-hybridized carbons (Fsp3) is 0.500. The Balaban J connectivity index is 0.00000147. The Bertz CT molecular complexity index is 668. The van der Waals surface area contributed by atoms with Crippen LogP contribution >= 0.6 is 0 Å². The molecule has 1 saturated heterocycles. The van der Waals surface area contributed by atoms with Crippen LogP contribution in [0.5, 0.6) is 0 Å². The normalized spacial score (nSPS) is 25.8. The first kappa shape index (κ1) is 14.4. The number of nitrogens with zero attached hydrogens (tertiary/aromatic N) is 3. The van der Waals surface area contributed by atoms with Gasteiger partial charge in [-0.1, -0.05) is 0 Å². The maximum atomic E-state index is 11.6. The summed E-state index contributed by atoms with van der Waals surface area (Å²) in [5.74, 6) is -0.0171. The van der Waals surface area contributed by atoms with Gasteiger partial charge < -0.3 is 26.2 Å². The van der Waals surface area contributed by atoms with Crippen molar-refractivity contribution in [3.05, 3.63) is 16.7 Å². The van der Waals surface area contributed by atoms with Gasteiger partial charge in [-0.25, -0.2) is 4.98 Å². The third-order valence-corrected chi connectivity index (χ3v) is 3.15. The van der Waals surface area contributed by atoms with Crippen LogP contribution in [-0.4, -0.2) is 54.0 Å². The van der Waals surface area contributed by atoms with Crippen molar-refractivity contribution in [3.8, 4) is 0 Å². The van der Waals surface area contributed by atoms with Gasteiger partial charge in [0.05, 0.1) is 19.0 Å². The minimum absolute atomic E-state index is 0. The van der Waals surface area contributed by atoms with Crippen LogP contribution in [0, 0.1) is 0 Å². The van der Waals surface area contributed by atoms with E-state index in [0.717, 1.165) is 0 Å². The zero-order chi connectivity index (χ0) is 13.6. The number of aromatic amines is 1. The summed E-state index contributed by atoms with van der Waals surface area (Å²) in [7, 11) is 0. The summed E-state index contributed by atoms with van der Waals surface area (Å²) in [6, 6.07) is 0. The van der Waals surface area contributed by atoms with Crippen molar-refractivity contribution in [2.45, 2.75) is 24.9 Å². The number of aliphatic hydroxyl groups excluding tert-OH is 2. The number of nitrogens with two attached hydrogens (primary N) is 1. The lowest BCUT2D eigenvalue weighted by Gasteiger charge is -2.13. The van der Waals surface area contributed by atoms with Crippen LogP contribution in [0.3, 0.4) is 0 Å². The van der Waals surface area contributed by atoms with E-state index in [1.807, 2.05) is 0 Å². The molecule has 2 aromatic heterocycles. The Kier molecular flexibility index (Phi) is 3.72. The third kappa shape index (κ3) is 2.14. The van der Waals surface area contributed by atoms with Gasteiger partial charge in [0.25, 0.3) is 5.56 Å². The average Bonchev–Trinajstić information content (AvgIpc) is 2.92. The molecule has 7 N–H and O–H groups in total. The van der Waals surface area contributed by atoms with Gasteiger partial charge in [0, 0.05) is 6.42 Å². The average molecular weight is 285 g/mol. The minimum atomic E-state index is -0.771. The molecule has 0 amide bonds. The predicted molar refractivity (Wildman–Crippen MR) is 67.8 cm³/mol. The summed E-state index contributed by atoms with van der Waals surface area (Å²) in [4.78, 5) is 22.0. The van der Waals surface area contributed by atoms with E-state index in [-0.39, 0.29) is 35.6 Å². The fourth-order valence-electron chi connectivity index (χ4n) is 2.20. The van der Waals surface area contributed by atoms with Gasteiger partial charge in [-0.2, -0.15) is 4.98 Å². The molecule has 0 radical (unpaired) electrons. The van der Waals surface area contributed by atoms with Crippen molar-refractivity contribution in [2.24, 2.45) is 0 Å². The minimum Gasteiger partial charge on any atom is -0.412 e. The van der Waals surface area contributed by atoms with Crippen LogP contribution in [0.25, 0.3) is 11.2 Å². The second-order valence-corrected chi connectivity index (χ2v) is 4.39. The Morgan fingerprint density at radius 2 is 2.35 bits per heavy atom. The highest BCUT2D eigenvalue weighted by Crippen LogP contribution is 2.30. The molecule has 0 spiro atoms. The first-order chi connectivity index (χ1) is 9.10. The molecular formula is C10H15N5O5. The number of aliphatic hydroxyl groups is 2. The number of fused-ring (bicyclic) bond motifs is 1. The van der Waals surface area contributed by atoms with Crippen molar-refractivity contribution < 1.29 is 20.4 Å². The molecule has 3 rings (SSSR count). The van der Waals surface area contributed by atoms with Crippen molar-refractivity contribution in [3.63, 3.8) is 0 Å². The second-order valence-electron chi connectivity index (χ2n) is 4.39. The molecule has 20 heavy (non-hydrogen) atoms. The Morgan fingerprint density at radius 1 is 1.60 bits per heavy atom. The van der Waals surface area contributed by atoms with Crippen LogP contribution in [0.4, 0.5) is 5.95 Å². The summed E-state index contributed by atoms with van der Waals surface area (Å²) in [5, 5.41) is 18.8. The summed E-state index contributed by atoms with van der Waals surface area (Å²) >= 11 is 0. The van der Waals surface area contributed by atoms with Gasteiger partial charge in [-0.3, -0.25) is 14.3 Å². The highest BCUT2D eigenvalue weighted by Gasteiger charge is 2.35. The van der Waals surface area contributed by atoms with E-state index in [9.17, 15) is 9.90 Å². The maximum absolute atomic E-state index is 11.6. The SMILES string of the molecule is Nc1nc2c(ncn2[C@H]2CC(O)C(CO)O2)c(=O)[nH]1.O. The van der Waals surface area contributed by atoms with E-state index >= 15 is 0 Å². The number of nitrogens with one attached hydrogen (secondary N) is 1. The first-order valence-electron chi connectivity index (χ1n) is 5.77. The van der Waals surface area contributed by atoms with Crippen molar-refractivity contribution in [1.29, 1.82) is 0 Å². The molecule has 3 heterocycles. The Labute approximate surface area is 112 Å². The lowest BCUT2D eigenvalue weighted by molar-refractivity contribution is -0.0432. The third-order valence-electron chi connectivity index (χ3n) is 3.15. The standard InChI is InChI=1S/C10H13N5O4.H2O/c11-10-13-8-7(9(18)14-10)12-3-15(8)6-1-4(17)5(2-16)19-6;/h3-6,16-17H,1-2H2,(H3,11,13,14,18);1H2/t4?,5?,6-;/m1./s1. The molecule has 1 aliphatic rings. The quantitative estimate of drug-likeness (QED) is 0.473. The van der Waals surface area contributed by atoms with Gasteiger partial charge >= 0.3 is 0 Å². The molecule has 2 aromatic rings. The van der Waals surface area contributed by atoms with Gasteiger partial charge in [0.15, 0.2) is 11.2 Å². The van der Waals surface area contributed by atoms with Gasteiger partial charge in [-0.15, -0.1) is 0 Å². The summed E-state index contributed by atoms with van der Waals surface area (Å²) < 4.78 is 7.01. The molecule has 1 aliphatic heterocycles. The van der Waals surface area contributed by atoms with Crippen LogP contribution in [0.1, 0.15) is 12.6 Å². The van der Waals surface area contributed by atoms with Gasteiger partial charge in [-0.05, 0) is 0 Å².